The third kappa shape index (κ3) is 3.82. The standard InChI is InChI=1S/C23H20N4O3S/c1-30-23-22(27-31(28,29)18-3-4-18)13-17(14-26-23)16-2-5-21-20(12-16)19(8-11-25-21)15-6-9-24-10-7-15/h2,5-14,18,27H,3-4H2,1H3. The first-order valence-corrected chi connectivity index (χ1v) is 11.4. The van der Waals surface area contributed by atoms with E-state index in [4.69, 9.17) is 4.74 Å². The average molecular weight is 433 g/mol. The summed E-state index contributed by atoms with van der Waals surface area (Å²) in [6.45, 7) is 0. The number of sulfonamides is 1. The van der Waals surface area contributed by atoms with E-state index in [2.05, 4.69) is 19.7 Å². The Balaban J connectivity index is 1.60. The zero-order valence-corrected chi connectivity index (χ0v) is 17.6. The fourth-order valence-corrected chi connectivity index (χ4v) is 4.95. The van der Waals surface area contributed by atoms with Gasteiger partial charge in [0, 0.05) is 35.7 Å². The molecule has 3 aromatic heterocycles. The van der Waals surface area contributed by atoms with Crippen LogP contribution in [-0.4, -0.2) is 35.7 Å². The summed E-state index contributed by atoms with van der Waals surface area (Å²) in [7, 11) is -1.96. The normalized spacial score (nSPS) is 13.8. The number of anilines is 1. The number of ether oxygens (including phenoxy) is 1. The molecule has 0 saturated heterocycles. The van der Waals surface area contributed by atoms with Crippen LogP contribution in [0.5, 0.6) is 5.88 Å². The molecule has 31 heavy (non-hydrogen) atoms. The minimum atomic E-state index is -3.44. The Morgan fingerprint density at radius 3 is 2.48 bits per heavy atom. The Morgan fingerprint density at radius 1 is 0.935 bits per heavy atom. The van der Waals surface area contributed by atoms with Crippen LogP contribution in [0.1, 0.15) is 12.8 Å². The van der Waals surface area contributed by atoms with Gasteiger partial charge in [0.25, 0.3) is 0 Å². The topological polar surface area (TPSA) is 94.1 Å². The van der Waals surface area contributed by atoms with Crippen molar-refractivity contribution in [2.75, 3.05) is 11.8 Å². The molecule has 4 aromatic rings. The maximum absolute atomic E-state index is 12.4. The van der Waals surface area contributed by atoms with Crippen LogP contribution >= 0.6 is 0 Å². The second kappa shape index (κ2) is 7.63. The number of benzene rings is 1. The lowest BCUT2D eigenvalue weighted by Crippen LogP contribution is -2.18. The summed E-state index contributed by atoms with van der Waals surface area (Å²) in [4.78, 5) is 12.9. The van der Waals surface area contributed by atoms with Gasteiger partial charge in [-0.1, -0.05) is 6.07 Å². The molecule has 156 valence electrons. The summed E-state index contributed by atoms with van der Waals surface area (Å²) in [5, 5.41) is 0.651. The van der Waals surface area contributed by atoms with Gasteiger partial charge in [-0.2, -0.15) is 0 Å². The van der Waals surface area contributed by atoms with Crippen molar-refractivity contribution in [1.82, 2.24) is 15.0 Å². The van der Waals surface area contributed by atoms with Gasteiger partial charge >= 0.3 is 0 Å². The van der Waals surface area contributed by atoms with Gasteiger partial charge in [-0.05, 0) is 65.9 Å². The molecule has 5 rings (SSSR count). The van der Waals surface area contributed by atoms with E-state index in [1.165, 1.54) is 7.11 Å². The van der Waals surface area contributed by atoms with Crippen molar-refractivity contribution in [3.05, 3.63) is 67.3 Å². The zero-order chi connectivity index (χ0) is 21.4. The molecule has 1 N–H and O–H groups in total. The number of nitrogens with one attached hydrogen (secondary N) is 1. The van der Waals surface area contributed by atoms with Crippen molar-refractivity contribution in [3.8, 4) is 28.1 Å². The Morgan fingerprint density at radius 2 is 1.74 bits per heavy atom. The Hall–Kier alpha value is -3.52. The van der Waals surface area contributed by atoms with Crippen LogP contribution in [0.15, 0.2) is 67.3 Å². The Bertz CT molecular complexity index is 1370. The summed E-state index contributed by atoms with van der Waals surface area (Å²) in [5.41, 5.74) is 4.98. The van der Waals surface area contributed by atoms with Crippen LogP contribution in [-0.2, 0) is 10.0 Å². The van der Waals surface area contributed by atoms with E-state index >= 15 is 0 Å². The molecule has 1 fully saturated rings. The van der Waals surface area contributed by atoms with Crippen LogP contribution in [0, 0.1) is 0 Å². The van der Waals surface area contributed by atoms with Gasteiger partial charge < -0.3 is 4.74 Å². The fraction of sp³-hybridized carbons (Fsp3) is 0.174. The van der Waals surface area contributed by atoms with Crippen LogP contribution in [0.4, 0.5) is 5.69 Å². The van der Waals surface area contributed by atoms with E-state index in [-0.39, 0.29) is 11.1 Å². The van der Waals surface area contributed by atoms with Gasteiger partial charge in [0.1, 0.15) is 5.69 Å². The monoisotopic (exact) mass is 432 g/mol. The van der Waals surface area contributed by atoms with Gasteiger partial charge in [-0.3, -0.25) is 14.7 Å². The number of nitrogens with zero attached hydrogens (tertiary/aromatic N) is 3. The van der Waals surface area contributed by atoms with Crippen molar-refractivity contribution in [2.45, 2.75) is 18.1 Å². The van der Waals surface area contributed by atoms with Gasteiger partial charge in [-0.25, -0.2) is 13.4 Å². The summed E-state index contributed by atoms with van der Waals surface area (Å²) in [5.74, 6) is 0.243. The van der Waals surface area contributed by atoms with Crippen molar-refractivity contribution in [3.63, 3.8) is 0 Å². The van der Waals surface area contributed by atoms with E-state index in [9.17, 15) is 8.42 Å². The predicted octanol–water partition coefficient (Wildman–Crippen LogP) is 4.27. The van der Waals surface area contributed by atoms with Crippen LogP contribution < -0.4 is 9.46 Å². The van der Waals surface area contributed by atoms with Crippen LogP contribution in [0.2, 0.25) is 0 Å². The summed E-state index contributed by atoms with van der Waals surface area (Å²) in [6, 6.07) is 13.6. The molecule has 1 saturated carbocycles. The van der Waals surface area contributed by atoms with Gasteiger partial charge in [0.05, 0.1) is 17.9 Å². The molecule has 7 nitrogen and oxygen atoms in total. The first kappa shape index (κ1) is 19.4. The summed E-state index contributed by atoms with van der Waals surface area (Å²) >= 11 is 0. The molecule has 1 aliphatic carbocycles. The third-order valence-corrected chi connectivity index (χ3v) is 7.18. The average Bonchev–Trinajstić information content (AvgIpc) is 3.65. The lowest BCUT2D eigenvalue weighted by Gasteiger charge is -2.13. The molecule has 3 heterocycles. The Labute approximate surface area is 180 Å². The lowest BCUT2D eigenvalue weighted by molar-refractivity contribution is 0.400. The molecule has 0 radical (unpaired) electrons. The number of rotatable bonds is 6. The van der Waals surface area contributed by atoms with E-state index < -0.39 is 10.0 Å². The van der Waals surface area contributed by atoms with E-state index in [1.54, 1.807) is 30.9 Å². The quantitative estimate of drug-likeness (QED) is 0.489. The number of hydrogen-bond donors (Lipinski definition) is 1. The molecule has 0 amide bonds. The molecular formula is C23H20N4O3S. The number of fused-ring (bicyclic) bond motifs is 1. The predicted molar refractivity (Wildman–Crippen MR) is 120 cm³/mol. The summed E-state index contributed by atoms with van der Waals surface area (Å²) < 4.78 is 32.8. The van der Waals surface area contributed by atoms with Crippen molar-refractivity contribution < 1.29 is 13.2 Å². The minimum Gasteiger partial charge on any atom is -0.480 e. The molecule has 0 atom stereocenters. The lowest BCUT2D eigenvalue weighted by atomic mass is 9.98. The number of methoxy groups -OCH3 is 1. The maximum Gasteiger partial charge on any atom is 0.238 e. The SMILES string of the molecule is COc1ncc(-c2ccc3nccc(-c4ccncc4)c3c2)cc1NS(=O)(=O)C1CC1. The molecule has 0 spiro atoms. The van der Waals surface area contributed by atoms with Crippen molar-refractivity contribution >= 4 is 26.6 Å². The Kier molecular flexibility index (Phi) is 4.78. The molecule has 0 bridgehead atoms. The maximum atomic E-state index is 12.4. The second-order valence-electron chi connectivity index (χ2n) is 7.45. The molecule has 8 heteroatoms. The van der Waals surface area contributed by atoms with Gasteiger partial charge in [0.15, 0.2) is 0 Å². The first-order chi connectivity index (χ1) is 15.0. The van der Waals surface area contributed by atoms with Crippen molar-refractivity contribution in [1.29, 1.82) is 0 Å². The molecule has 0 unspecified atom stereocenters. The van der Waals surface area contributed by atoms with Crippen molar-refractivity contribution in [2.24, 2.45) is 0 Å². The molecule has 1 aromatic carbocycles. The summed E-state index contributed by atoms with van der Waals surface area (Å²) in [6.07, 6.45) is 8.35. The smallest absolute Gasteiger partial charge is 0.238 e. The fourth-order valence-electron chi connectivity index (χ4n) is 3.57. The van der Waals surface area contributed by atoms with Crippen LogP contribution in [0.3, 0.4) is 0 Å². The highest BCUT2D eigenvalue weighted by molar-refractivity contribution is 7.93. The van der Waals surface area contributed by atoms with Gasteiger partial charge in [0.2, 0.25) is 15.9 Å². The molecule has 0 aliphatic heterocycles. The van der Waals surface area contributed by atoms with E-state index in [0.29, 0.717) is 18.5 Å². The first-order valence-electron chi connectivity index (χ1n) is 9.90. The highest BCUT2D eigenvalue weighted by Gasteiger charge is 2.36. The molecular weight excluding hydrogens is 412 g/mol. The minimum absolute atomic E-state index is 0.243. The zero-order valence-electron chi connectivity index (χ0n) is 16.8. The second-order valence-corrected chi connectivity index (χ2v) is 9.41. The number of hydrogen-bond acceptors (Lipinski definition) is 6. The number of aromatic nitrogens is 3. The largest absolute Gasteiger partial charge is 0.480 e. The van der Waals surface area contributed by atoms with Gasteiger partial charge in [-0.15, -0.1) is 0 Å². The highest BCUT2D eigenvalue weighted by Crippen LogP contribution is 2.35. The molecule has 1 aliphatic rings. The number of pyridine rings is 3. The highest BCUT2D eigenvalue weighted by atomic mass is 32.2. The van der Waals surface area contributed by atoms with E-state index in [0.717, 1.165) is 33.2 Å². The van der Waals surface area contributed by atoms with E-state index in [1.807, 2.05) is 36.4 Å². The van der Waals surface area contributed by atoms with Crippen LogP contribution in [0.25, 0.3) is 33.2 Å². The third-order valence-electron chi connectivity index (χ3n) is 5.33.